The minimum Gasteiger partial charge on any atom is -0.487 e. The van der Waals surface area contributed by atoms with E-state index in [1.54, 1.807) is 19.5 Å². The van der Waals surface area contributed by atoms with E-state index in [4.69, 9.17) is 9.47 Å². The summed E-state index contributed by atoms with van der Waals surface area (Å²) in [5.74, 6) is 0.749. The number of halogens is 1. The molecule has 0 saturated carbocycles. The van der Waals surface area contributed by atoms with Gasteiger partial charge < -0.3 is 9.47 Å². The average molecular weight is 246 g/mol. The van der Waals surface area contributed by atoms with Crippen molar-refractivity contribution in [3.05, 3.63) is 22.9 Å². The van der Waals surface area contributed by atoms with Crippen molar-refractivity contribution < 1.29 is 9.47 Å². The highest BCUT2D eigenvalue weighted by atomic mass is 79.9. The van der Waals surface area contributed by atoms with Gasteiger partial charge in [-0.25, -0.2) is 0 Å². The summed E-state index contributed by atoms with van der Waals surface area (Å²) in [4.78, 5) is 3.98. The number of methoxy groups -OCH3 is 1. The molecule has 0 aliphatic rings. The molecule has 1 atom stereocenters. The van der Waals surface area contributed by atoms with E-state index in [2.05, 4.69) is 20.9 Å². The second-order valence-corrected chi connectivity index (χ2v) is 3.64. The average Bonchev–Trinajstić information content (AvgIpc) is 2.04. The van der Waals surface area contributed by atoms with Crippen molar-refractivity contribution in [2.75, 3.05) is 13.7 Å². The van der Waals surface area contributed by atoms with Gasteiger partial charge in [0.25, 0.3) is 0 Å². The quantitative estimate of drug-likeness (QED) is 0.816. The second-order valence-electron chi connectivity index (χ2n) is 2.72. The Morgan fingerprint density at radius 2 is 2.31 bits per heavy atom. The van der Waals surface area contributed by atoms with Gasteiger partial charge in [0.1, 0.15) is 11.9 Å². The number of ether oxygens (including phenoxy) is 2. The van der Waals surface area contributed by atoms with Crippen molar-refractivity contribution in [2.45, 2.75) is 13.0 Å². The molecule has 0 spiro atoms. The van der Waals surface area contributed by atoms with E-state index >= 15 is 0 Å². The van der Waals surface area contributed by atoms with E-state index in [9.17, 15) is 0 Å². The van der Waals surface area contributed by atoms with Crippen LogP contribution in [0.25, 0.3) is 0 Å². The molecule has 3 nitrogen and oxygen atoms in total. The van der Waals surface area contributed by atoms with Gasteiger partial charge in [0.2, 0.25) is 0 Å². The standard InChI is InChI=1S/C9H12BrNO2/c1-7(6-12-2)13-9-3-8(10)4-11-5-9/h3-5,7H,6H2,1-2H3/t7-/m1/s1. The minimum absolute atomic E-state index is 0.0427. The Bertz CT molecular complexity index is 268. The van der Waals surface area contributed by atoms with Gasteiger partial charge in [-0.1, -0.05) is 0 Å². The smallest absolute Gasteiger partial charge is 0.139 e. The summed E-state index contributed by atoms with van der Waals surface area (Å²) in [5, 5.41) is 0. The molecule has 0 aromatic carbocycles. The van der Waals surface area contributed by atoms with Crippen LogP contribution in [-0.2, 0) is 4.74 Å². The van der Waals surface area contributed by atoms with Gasteiger partial charge >= 0.3 is 0 Å². The van der Waals surface area contributed by atoms with Crippen LogP contribution >= 0.6 is 15.9 Å². The van der Waals surface area contributed by atoms with Crippen LogP contribution in [-0.4, -0.2) is 24.8 Å². The molecule has 0 unspecified atom stereocenters. The predicted octanol–water partition coefficient (Wildman–Crippen LogP) is 2.26. The molecule has 0 bridgehead atoms. The van der Waals surface area contributed by atoms with Crippen LogP contribution in [0.4, 0.5) is 0 Å². The summed E-state index contributed by atoms with van der Waals surface area (Å²) in [5.41, 5.74) is 0. The van der Waals surface area contributed by atoms with Crippen molar-refractivity contribution in [1.29, 1.82) is 0 Å². The van der Waals surface area contributed by atoms with E-state index in [0.29, 0.717) is 6.61 Å². The summed E-state index contributed by atoms with van der Waals surface area (Å²) in [6.07, 6.45) is 3.44. The van der Waals surface area contributed by atoms with Gasteiger partial charge in [0.15, 0.2) is 0 Å². The van der Waals surface area contributed by atoms with E-state index < -0.39 is 0 Å². The predicted molar refractivity (Wildman–Crippen MR) is 53.9 cm³/mol. The largest absolute Gasteiger partial charge is 0.487 e. The summed E-state index contributed by atoms with van der Waals surface area (Å²) in [6.45, 7) is 2.52. The molecule has 0 saturated heterocycles. The Morgan fingerprint density at radius 3 is 2.92 bits per heavy atom. The summed E-state index contributed by atoms with van der Waals surface area (Å²) >= 11 is 3.32. The van der Waals surface area contributed by atoms with Crippen LogP contribution in [0.2, 0.25) is 0 Å². The minimum atomic E-state index is 0.0427. The van der Waals surface area contributed by atoms with Gasteiger partial charge in [-0.3, -0.25) is 4.98 Å². The van der Waals surface area contributed by atoms with Gasteiger partial charge in [0.05, 0.1) is 12.8 Å². The highest BCUT2D eigenvalue weighted by Crippen LogP contribution is 2.16. The Balaban J connectivity index is 2.53. The van der Waals surface area contributed by atoms with Gasteiger partial charge in [-0.05, 0) is 28.9 Å². The fraction of sp³-hybridized carbons (Fsp3) is 0.444. The fourth-order valence-corrected chi connectivity index (χ4v) is 1.30. The van der Waals surface area contributed by atoms with E-state index in [-0.39, 0.29) is 6.10 Å². The normalized spacial score (nSPS) is 12.5. The number of hydrogen-bond acceptors (Lipinski definition) is 3. The SMILES string of the molecule is COC[C@@H](C)Oc1cncc(Br)c1. The molecule has 72 valence electrons. The lowest BCUT2D eigenvalue weighted by Gasteiger charge is -2.12. The summed E-state index contributed by atoms with van der Waals surface area (Å²) in [7, 11) is 1.65. The third-order valence-electron chi connectivity index (χ3n) is 1.42. The number of nitrogens with zero attached hydrogens (tertiary/aromatic N) is 1. The Labute approximate surface area is 86.2 Å². The fourth-order valence-electron chi connectivity index (χ4n) is 0.958. The molecule has 0 fully saturated rings. The number of aromatic nitrogens is 1. The molecular weight excluding hydrogens is 234 g/mol. The molecular formula is C9H12BrNO2. The van der Waals surface area contributed by atoms with Crippen molar-refractivity contribution in [2.24, 2.45) is 0 Å². The van der Waals surface area contributed by atoms with Crippen LogP contribution in [0, 0.1) is 0 Å². The molecule has 1 aromatic heterocycles. The molecule has 0 N–H and O–H groups in total. The maximum Gasteiger partial charge on any atom is 0.139 e. The second kappa shape index (κ2) is 5.19. The molecule has 13 heavy (non-hydrogen) atoms. The first-order valence-electron chi connectivity index (χ1n) is 3.98. The first-order chi connectivity index (χ1) is 6.22. The molecule has 4 heteroatoms. The van der Waals surface area contributed by atoms with Crippen LogP contribution in [0.1, 0.15) is 6.92 Å². The van der Waals surface area contributed by atoms with E-state index in [0.717, 1.165) is 10.2 Å². The summed E-state index contributed by atoms with van der Waals surface area (Å²) in [6, 6.07) is 1.87. The molecule has 0 aliphatic carbocycles. The van der Waals surface area contributed by atoms with Gasteiger partial charge in [-0.15, -0.1) is 0 Å². The lowest BCUT2D eigenvalue weighted by atomic mass is 10.4. The third-order valence-corrected chi connectivity index (χ3v) is 1.85. The van der Waals surface area contributed by atoms with Crippen molar-refractivity contribution in [1.82, 2.24) is 4.98 Å². The van der Waals surface area contributed by atoms with Gasteiger partial charge in [-0.2, -0.15) is 0 Å². The third kappa shape index (κ3) is 3.74. The summed E-state index contributed by atoms with van der Waals surface area (Å²) < 4.78 is 11.4. The zero-order valence-electron chi connectivity index (χ0n) is 7.66. The van der Waals surface area contributed by atoms with Crippen LogP contribution in [0.15, 0.2) is 22.9 Å². The van der Waals surface area contributed by atoms with Gasteiger partial charge in [0, 0.05) is 17.8 Å². The highest BCUT2D eigenvalue weighted by Gasteiger charge is 2.03. The molecule has 1 rings (SSSR count). The highest BCUT2D eigenvalue weighted by molar-refractivity contribution is 9.10. The molecule has 1 heterocycles. The molecule has 0 radical (unpaired) electrons. The Hall–Kier alpha value is -0.610. The van der Waals surface area contributed by atoms with E-state index in [1.807, 2.05) is 13.0 Å². The van der Waals surface area contributed by atoms with Crippen LogP contribution in [0.3, 0.4) is 0 Å². The number of rotatable bonds is 4. The Kier molecular flexibility index (Phi) is 4.18. The van der Waals surface area contributed by atoms with E-state index in [1.165, 1.54) is 0 Å². The monoisotopic (exact) mass is 245 g/mol. The maximum atomic E-state index is 5.52. The zero-order valence-corrected chi connectivity index (χ0v) is 9.24. The lowest BCUT2D eigenvalue weighted by molar-refractivity contribution is 0.0918. The lowest BCUT2D eigenvalue weighted by Crippen LogP contribution is -2.17. The molecule has 1 aromatic rings. The first-order valence-corrected chi connectivity index (χ1v) is 4.78. The maximum absolute atomic E-state index is 5.52. The molecule has 0 amide bonds. The first kappa shape index (κ1) is 10.5. The topological polar surface area (TPSA) is 31.4 Å². The Morgan fingerprint density at radius 1 is 1.54 bits per heavy atom. The van der Waals surface area contributed by atoms with Crippen LogP contribution < -0.4 is 4.74 Å². The van der Waals surface area contributed by atoms with Crippen molar-refractivity contribution in [3.63, 3.8) is 0 Å². The molecule has 0 aliphatic heterocycles. The van der Waals surface area contributed by atoms with Crippen molar-refractivity contribution in [3.8, 4) is 5.75 Å². The van der Waals surface area contributed by atoms with Crippen LogP contribution in [0.5, 0.6) is 5.75 Å². The van der Waals surface area contributed by atoms with Crippen molar-refractivity contribution >= 4 is 15.9 Å². The number of hydrogen-bond donors (Lipinski definition) is 0. The number of pyridine rings is 1. The zero-order chi connectivity index (χ0) is 9.68.